The molecular weight excluding hydrogens is 354 g/mol. The topological polar surface area (TPSA) is 74.6 Å². The molecule has 0 fully saturated rings. The predicted octanol–water partition coefficient (Wildman–Crippen LogP) is 3.57. The number of furan rings is 1. The molecule has 0 aliphatic heterocycles. The molecule has 0 saturated carbocycles. The van der Waals surface area contributed by atoms with Crippen molar-refractivity contribution in [1.29, 1.82) is 0 Å². The van der Waals surface area contributed by atoms with Gasteiger partial charge in [0, 0.05) is 32.0 Å². The Balaban J connectivity index is 1.71. The van der Waals surface area contributed by atoms with Crippen molar-refractivity contribution in [3.63, 3.8) is 0 Å². The van der Waals surface area contributed by atoms with Gasteiger partial charge in [0.2, 0.25) is 0 Å². The molecule has 0 radical (unpaired) electrons. The lowest BCUT2D eigenvalue weighted by Crippen LogP contribution is -2.28. The number of carbonyl (C=O) groups excluding carboxylic acids is 2. The molecule has 1 aromatic heterocycles. The molecule has 0 unspecified atom stereocenters. The second-order valence-electron chi connectivity index (χ2n) is 6.55. The molecule has 3 aromatic rings. The fraction of sp³-hybridized carbons (Fsp3) is 0.182. The van der Waals surface area contributed by atoms with Gasteiger partial charge in [0.05, 0.1) is 11.8 Å². The maximum Gasteiger partial charge on any atom is 0.291 e. The summed E-state index contributed by atoms with van der Waals surface area (Å²) in [5.74, 6) is -0.336. The molecular formula is C22H23N3O3. The molecule has 144 valence electrons. The number of nitrogens with zero attached hydrogens (tertiary/aromatic N) is 1. The maximum absolute atomic E-state index is 12.8. The summed E-state index contributed by atoms with van der Waals surface area (Å²) in [5, 5.41) is 5.71. The first-order valence-electron chi connectivity index (χ1n) is 9.03. The van der Waals surface area contributed by atoms with Crippen LogP contribution in [-0.2, 0) is 6.42 Å². The number of nitrogens with one attached hydrogen (secondary N) is 2. The molecule has 1 heterocycles. The normalized spacial score (nSPS) is 10.4. The van der Waals surface area contributed by atoms with Gasteiger partial charge in [0.1, 0.15) is 0 Å². The van der Waals surface area contributed by atoms with Crippen molar-refractivity contribution in [2.75, 3.05) is 30.9 Å². The third-order valence-corrected chi connectivity index (χ3v) is 4.27. The Morgan fingerprint density at radius 1 is 0.964 bits per heavy atom. The molecule has 28 heavy (non-hydrogen) atoms. The van der Waals surface area contributed by atoms with Gasteiger partial charge in [0.15, 0.2) is 5.76 Å². The van der Waals surface area contributed by atoms with Crippen LogP contribution >= 0.6 is 0 Å². The van der Waals surface area contributed by atoms with Gasteiger partial charge in [-0.25, -0.2) is 0 Å². The zero-order chi connectivity index (χ0) is 19.9. The van der Waals surface area contributed by atoms with Crippen LogP contribution in [0, 0.1) is 0 Å². The van der Waals surface area contributed by atoms with Crippen LogP contribution in [0.4, 0.5) is 11.4 Å². The largest absolute Gasteiger partial charge is 0.459 e. The standard InChI is InChI=1S/C22H23N3O3/c1-25(2)19-11-10-17(24-22(27)20-9-6-14-28-20)15-18(19)21(26)23-13-12-16-7-4-3-5-8-16/h3-11,14-15H,12-13H2,1-2H3,(H,23,26)(H,24,27). The van der Waals surface area contributed by atoms with E-state index in [9.17, 15) is 9.59 Å². The highest BCUT2D eigenvalue weighted by molar-refractivity contribution is 6.05. The van der Waals surface area contributed by atoms with Crippen LogP contribution in [0.1, 0.15) is 26.5 Å². The zero-order valence-corrected chi connectivity index (χ0v) is 15.9. The Bertz CT molecular complexity index is 935. The van der Waals surface area contributed by atoms with Gasteiger partial charge in [-0.2, -0.15) is 0 Å². The fourth-order valence-electron chi connectivity index (χ4n) is 2.85. The Morgan fingerprint density at radius 2 is 1.75 bits per heavy atom. The summed E-state index contributed by atoms with van der Waals surface area (Å²) >= 11 is 0. The third kappa shape index (κ3) is 4.79. The van der Waals surface area contributed by atoms with E-state index in [-0.39, 0.29) is 17.6 Å². The highest BCUT2D eigenvalue weighted by Gasteiger charge is 2.16. The monoisotopic (exact) mass is 377 g/mol. The number of rotatable bonds is 7. The number of benzene rings is 2. The minimum Gasteiger partial charge on any atom is -0.459 e. The van der Waals surface area contributed by atoms with Gasteiger partial charge in [0.25, 0.3) is 11.8 Å². The van der Waals surface area contributed by atoms with Gasteiger partial charge in [-0.05, 0) is 42.3 Å². The fourth-order valence-corrected chi connectivity index (χ4v) is 2.85. The number of hydrogen-bond donors (Lipinski definition) is 2. The van der Waals surface area contributed by atoms with Crippen molar-refractivity contribution in [2.45, 2.75) is 6.42 Å². The van der Waals surface area contributed by atoms with Crippen molar-refractivity contribution < 1.29 is 14.0 Å². The van der Waals surface area contributed by atoms with Gasteiger partial charge in [-0.15, -0.1) is 0 Å². The van der Waals surface area contributed by atoms with Gasteiger partial charge in [-0.1, -0.05) is 30.3 Å². The number of hydrogen-bond acceptors (Lipinski definition) is 4. The summed E-state index contributed by atoms with van der Waals surface area (Å²) in [4.78, 5) is 26.8. The summed E-state index contributed by atoms with van der Waals surface area (Å²) in [6.07, 6.45) is 2.19. The third-order valence-electron chi connectivity index (χ3n) is 4.27. The predicted molar refractivity (Wildman–Crippen MR) is 110 cm³/mol. The van der Waals surface area contributed by atoms with Crippen LogP contribution < -0.4 is 15.5 Å². The Hall–Kier alpha value is -3.54. The molecule has 0 saturated heterocycles. The molecule has 2 aromatic carbocycles. The van der Waals surface area contributed by atoms with Crippen LogP contribution in [0.15, 0.2) is 71.3 Å². The van der Waals surface area contributed by atoms with E-state index in [2.05, 4.69) is 10.6 Å². The van der Waals surface area contributed by atoms with Crippen LogP contribution in [0.2, 0.25) is 0 Å². The summed E-state index contributed by atoms with van der Waals surface area (Å²) in [6, 6.07) is 18.5. The second-order valence-corrected chi connectivity index (χ2v) is 6.55. The van der Waals surface area contributed by atoms with E-state index >= 15 is 0 Å². The van der Waals surface area contributed by atoms with Gasteiger partial charge in [-0.3, -0.25) is 9.59 Å². The summed E-state index contributed by atoms with van der Waals surface area (Å²) in [6.45, 7) is 0.526. The smallest absolute Gasteiger partial charge is 0.291 e. The van der Waals surface area contributed by atoms with E-state index in [0.717, 1.165) is 17.7 Å². The molecule has 0 aliphatic carbocycles. The lowest BCUT2D eigenvalue weighted by molar-refractivity contribution is 0.0952. The first-order valence-corrected chi connectivity index (χ1v) is 9.03. The van der Waals surface area contributed by atoms with E-state index < -0.39 is 0 Å². The van der Waals surface area contributed by atoms with E-state index in [0.29, 0.717) is 17.8 Å². The van der Waals surface area contributed by atoms with Crippen molar-refractivity contribution in [1.82, 2.24) is 5.32 Å². The Labute approximate surface area is 164 Å². The van der Waals surface area contributed by atoms with Crippen LogP contribution in [-0.4, -0.2) is 32.5 Å². The minimum absolute atomic E-state index is 0.186. The van der Waals surface area contributed by atoms with Crippen molar-refractivity contribution in [3.8, 4) is 0 Å². The highest BCUT2D eigenvalue weighted by Crippen LogP contribution is 2.23. The van der Waals surface area contributed by atoms with Crippen LogP contribution in [0.25, 0.3) is 0 Å². The van der Waals surface area contributed by atoms with Crippen molar-refractivity contribution in [2.24, 2.45) is 0 Å². The molecule has 0 aliphatic rings. The molecule has 0 spiro atoms. The average Bonchev–Trinajstić information content (AvgIpc) is 3.23. The number of carbonyl (C=O) groups is 2. The lowest BCUT2D eigenvalue weighted by Gasteiger charge is -2.18. The van der Waals surface area contributed by atoms with Gasteiger partial charge >= 0.3 is 0 Å². The van der Waals surface area contributed by atoms with Crippen molar-refractivity contribution in [3.05, 3.63) is 83.8 Å². The van der Waals surface area contributed by atoms with E-state index in [1.807, 2.05) is 55.4 Å². The van der Waals surface area contributed by atoms with Gasteiger partial charge < -0.3 is 20.0 Å². The first kappa shape index (κ1) is 19.2. The summed E-state index contributed by atoms with van der Waals surface area (Å²) in [5.41, 5.74) is 2.96. The molecule has 3 rings (SSSR count). The van der Waals surface area contributed by atoms with E-state index in [1.165, 1.54) is 6.26 Å². The molecule has 6 heteroatoms. The van der Waals surface area contributed by atoms with Crippen LogP contribution in [0.5, 0.6) is 0 Å². The molecule has 0 atom stereocenters. The van der Waals surface area contributed by atoms with Crippen molar-refractivity contribution >= 4 is 23.2 Å². The Morgan fingerprint density at radius 3 is 2.43 bits per heavy atom. The highest BCUT2D eigenvalue weighted by atomic mass is 16.3. The quantitative estimate of drug-likeness (QED) is 0.660. The SMILES string of the molecule is CN(C)c1ccc(NC(=O)c2ccco2)cc1C(=O)NCCc1ccccc1. The zero-order valence-electron chi connectivity index (χ0n) is 15.9. The lowest BCUT2D eigenvalue weighted by atomic mass is 10.1. The molecule has 6 nitrogen and oxygen atoms in total. The summed E-state index contributed by atoms with van der Waals surface area (Å²) < 4.78 is 5.10. The Kier molecular flexibility index (Phi) is 6.11. The average molecular weight is 377 g/mol. The summed E-state index contributed by atoms with van der Waals surface area (Å²) in [7, 11) is 3.74. The molecule has 0 bridgehead atoms. The maximum atomic E-state index is 12.8. The number of amides is 2. The first-order chi connectivity index (χ1) is 13.5. The second kappa shape index (κ2) is 8.90. The molecule has 2 N–H and O–H groups in total. The van der Waals surface area contributed by atoms with E-state index in [4.69, 9.17) is 4.42 Å². The minimum atomic E-state index is -0.363. The molecule has 2 amide bonds. The van der Waals surface area contributed by atoms with E-state index in [1.54, 1.807) is 24.3 Å². The van der Waals surface area contributed by atoms with Crippen LogP contribution in [0.3, 0.4) is 0 Å². The number of anilines is 2.